The molecule has 0 aliphatic rings. The molecule has 0 heterocycles. The lowest BCUT2D eigenvalue weighted by Crippen LogP contribution is -2.29. The first kappa shape index (κ1) is 10.8. The first-order chi connectivity index (χ1) is 6.51. The van der Waals surface area contributed by atoms with Crippen LogP contribution in [-0.2, 0) is 4.79 Å². The van der Waals surface area contributed by atoms with E-state index in [-0.39, 0.29) is 0 Å². The lowest BCUT2D eigenvalue weighted by atomic mass is 10.3. The Morgan fingerprint density at radius 1 is 1.36 bits per heavy atom. The number of carbonyl (C=O) groups excluding carboxylic acids is 1. The minimum Gasteiger partial charge on any atom is -0.544 e. The van der Waals surface area contributed by atoms with Gasteiger partial charge >= 0.3 is 6.41 Å². The van der Waals surface area contributed by atoms with Gasteiger partial charge in [-0.1, -0.05) is 6.07 Å². The quantitative estimate of drug-likeness (QED) is 0.609. The smallest absolute Gasteiger partial charge is 0.314 e. The molecule has 1 rings (SSSR count). The largest absolute Gasteiger partial charge is 0.544 e. The average molecular weight is 208 g/mol. The second kappa shape index (κ2) is 4.28. The fraction of sp³-hybridized carbons (Fsp3) is 0.300. The predicted octanol–water partition coefficient (Wildman–Crippen LogP) is 2.38. The van der Waals surface area contributed by atoms with Crippen LogP contribution in [0.3, 0.4) is 0 Å². The summed E-state index contributed by atoms with van der Waals surface area (Å²) in [6.45, 7) is 6.33. The van der Waals surface area contributed by atoms with Gasteiger partial charge in [0.25, 0.3) is 0 Å². The highest BCUT2D eigenvalue weighted by atomic mass is 28.4. The molecule has 0 saturated carbocycles. The SMILES string of the molecule is C[Si](C)(C)Oc1cccc(N[C]=O)c1. The number of benzene rings is 1. The second-order valence-corrected chi connectivity index (χ2v) is 8.40. The summed E-state index contributed by atoms with van der Waals surface area (Å²) in [6, 6.07) is 7.31. The van der Waals surface area contributed by atoms with Gasteiger partial charge in [0.1, 0.15) is 5.75 Å². The van der Waals surface area contributed by atoms with Gasteiger partial charge in [-0.15, -0.1) is 0 Å². The minimum absolute atomic E-state index is 0.704. The van der Waals surface area contributed by atoms with Gasteiger partial charge in [-0.2, -0.15) is 0 Å². The maximum Gasteiger partial charge on any atom is 0.314 e. The van der Waals surface area contributed by atoms with E-state index in [0.717, 1.165) is 5.75 Å². The van der Waals surface area contributed by atoms with Gasteiger partial charge in [0.05, 0.1) is 0 Å². The summed E-state index contributed by atoms with van der Waals surface area (Å²) in [4.78, 5) is 10.1. The molecular formula is C10H14NO2Si. The van der Waals surface area contributed by atoms with Crippen LogP contribution in [-0.4, -0.2) is 14.7 Å². The number of rotatable bonds is 4. The molecule has 1 aromatic carbocycles. The Hall–Kier alpha value is -1.29. The van der Waals surface area contributed by atoms with Crippen molar-refractivity contribution < 1.29 is 9.22 Å². The fourth-order valence-electron chi connectivity index (χ4n) is 1.05. The predicted molar refractivity (Wildman–Crippen MR) is 59.7 cm³/mol. The number of hydrogen-bond acceptors (Lipinski definition) is 2. The third-order valence-corrected chi connectivity index (χ3v) is 2.30. The van der Waals surface area contributed by atoms with Crippen molar-refractivity contribution in [1.82, 2.24) is 0 Å². The van der Waals surface area contributed by atoms with E-state index in [1.54, 1.807) is 18.5 Å². The zero-order valence-electron chi connectivity index (χ0n) is 8.63. The molecule has 0 bridgehead atoms. The highest BCUT2D eigenvalue weighted by Gasteiger charge is 2.15. The molecule has 0 spiro atoms. The number of amides is 1. The van der Waals surface area contributed by atoms with Crippen LogP contribution >= 0.6 is 0 Å². The van der Waals surface area contributed by atoms with Crippen molar-refractivity contribution >= 4 is 20.4 Å². The second-order valence-electron chi connectivity index (χ2n) is 3.97. The molecule has 0 aromatic heterocycles. The molecule has 1 amide bonds. The van der Waals surface area contributed by atoms with Gasteiger partial charge in [-0.05, 0) is 31.8 Å². The van der Waals surface area contributed by atoms with E-state index in [1.165, 1.54) is 0 Å². The topological polar surface area (TPSA) is 38.3 Å². The van der Waals surface area contributed by atoms with E-state index in [2.05, 4.69) is 25.0 Å². The van der Waals surface area contributed by atoms with Crippen molar-refractivity contribution in [2.75, 3.05) is 5.32 Å². The normalized spacial score (nSPS) is 10.8. The standard InChI is InChI=1S/C10H14NO2Si/c1-14(2,3)13-10-6-4-5-9(7-10)11-8-12/h4-7H,1-3H3,(H,11,12). The number of hydrogen-bond donors (Lipinski definition) is 1. The van der Waals surface area contributed by atoms with Crippen LogP contribution in [0.15, 0.2) is 24.3 Å². The van der Waals surface area contributed by atoms with Crippen molar-refractivity contribution in [3.63, 3.8) is 0 Å². The van der Waals surface area contributed by atoms with E-state index < -0.39 is 8.32 Å². The van der Waals surface area contributed by atoms with Crippen LogP contribution in [0.4, 0.5) is 5.69 Å². The Morgan fingerprint density at radius 2 is 2.07 bits per heavy atom. The molecule has 1 aromatic rings. The Morgan fingerprint density at radius 3 is 2.64 bits per heavy atom. The third kappa shape index (κ3) is 3.61. The molecule has 1 radical (unpaired) electrons. The van der Waals surface area contributed by atoms with E-state index in [4.69, 9.17) is 4.43 Å². The summed E-state index contributed by atoms with van der Waals surface area (Å²) in [5.74, 6) is 0.796. The van der Waals surface area contributed by atoms with Gasteiger partial charge in [-0.3, -0.25) is 4.79 Å². The first-order valence-electron chi connectivity index (χ1n) is 4.43. The van der Waals surface area contributed by atoms with Crippen LogP contribution < -0.4 is 9.74 Å². The zero-order valence-corrected chi connectivity index (χ0v) is 9.63. The number of anilines is 1. The highest BCUT2D eigenvalue weighted by Crippen LogP contribution is 2.20. The zero-order chi connectivity index (χ0) is 10.6. The highest BCUT2D eigenvalue weighted by molar-refractivity contribution is 6.70. The van der Waals surface area contributed by atoms with E-state index in [9.17, 15) is 4.79 Å². The van der Waals surface area contributed by atoms with Crippen LogP contribution in [0, 0.1) is 0 Å². The van der Waals surface area contributed by atoms with Crippen molar-refractivity contribution in [3.05, 3.63) is 24.3 Å². The summed E-state index contributed by atoms with van der Waals surface area (Å²) in [6.07, 6.45) is 1.63. The summed E-state index contributed by atoms with van der Waals surface area (Å²) in [7, 11) is -1.57. The molecule has 0 aliphatic carbocycles. The van der Waals surface area contributed by atoms with Crippen molar-refractivity contribution in [2.24, 2.45) is 0 Å². The summed E-state index contributed by atoms with van der Waals surface area (Å²) in [5, 5.41) is 2.46. The molecule has 4 heteroatoms. The molecular weight excluding hydrogens is 194 g/mol. The lowest BCUT2D eigenvalue weighted by Gasteiger charge is -2.19. The van der Waals surface area contributed by atoms with Gasteiger partial charge in [0.15, 0.2) is 0 Å². The molecule has 0 saturated heterocycles. The van der Waals surface area contributed by atoms with Gasteiger partial charge in [0, 0.05) is 11.8 Å². The average Bonchev–Trinajstić information content (AvgIpc) is 2.02. The Balaban J connectivity index is 2.78. The summed E-state index contributed by atoms with van der Waals surface area (Å²) in [5.41, 5.74) is 0.704. The van der Waals surface area contributed by atoms with Crippen molar-refractivity contribution in [3.8, 4) is 5.75 Å². The lowest BCUT2D eigenvalue weighted by molar-refractivity contribution is 0.557. The van der Waals surface area contributed by atoms with Crippen molar-refractivity contribution in [1.29, 1.82) is 0 Å². The van der Waals surface area contributed by atoms with E-state index in [0.29, 0.717) is 5.69 Å². The Kier molecular flexibility index (Phi) is 3.30. The molecule has 1 N–H and O–H groups in total. The third-order valence-electron chi connectivity index (χ3n) is 1.45. The monoisotopic (exact) mass is 208 g/mol. The van der Waals surface area contributed by atoms with Crippen LogP contribution in [0.1, 0.15) is 0 Å². The van der Waals surface area contributed by atoms with Crippen LogP contribution in [0.25, 0.3) is 0 Å². The fourth-order valence-corrected chi connectivity index (χ4v) is 1.88. The van der Waals surface area contributed by atoms with E-state index >= 15 is 0 Å². The Bertz CT molecular complexity index is 320. The summed E-state index contributed by atoms with van der Waals surface area (Å²) >= 11 is 0. The molecule has 0 aliphatic heterocycles. The van der Waals surface area contributed by atoms with Gasteiger partial charge in [0.2, 0.25) is 8.32 Å². The molecule has 75 valence electrons. The van der Waals surface area contributed by atoms with Crippen molar-refractivity contribution in [2.45, 2.75) is 19.6 Å². The molecule has 14 heavy (non-hydrogen) atoms. The molecule has 3 nitrogen and oxygen atoms in total. The van der Waals surface area contributed by atoms with Crippen LogP contribution in [0.2, 0.25) is 19.6 Å². The first-order valence-corrected chi connectivity index (χ1v) is 7.84. The van der Waals surface area contributed by atoms with Crippen LogP contribution in [0.5, 0.6) is 5.75 Å². The number of nitrogens with one attached hydrogen (secondary N) is 1. The van der Waals surface area contributed by atoms with Gasteiger partial charge in [-0.25, -0.2) is 0 Å². The van der Waals surface area contributed by atoms with E-state index in [1.807, 2.05) is 12.1 Å². The summed E-state index contributed by atoms with van der Waals surface area (Å²) < 4.78 is 5.76. The van der Waals surface area contributed by atoms with Gasteiger partial charge < -0.3 is 9.74 Å². The molecule has 0 atom stereocenters. The maximum atomic E-state index is 10.1. The molecule has 0 unspecified atom stereocenters. The Labute approximate surface area is 85.2 Å². The maximum absolute atomic E-state index is 10.1. The molecule has 0 fully saturated rings. The minimum atomic E-state index is -1.57.